The van der Waals surface area contributed by atoms with Crippen molar-refractivity contribution in [3.8, 4) is 11.1 Å². The Morgan fingerprint density at radius 3 is 2.24 bits per heavy atom. The highest BCUT2D eigenvalue weighted by atomic mass is 19.2. The third-order valence-corrected chi connectivity index (χ3v) is 7.39. The van der Waals surface area contributed by atoms with Gasteiger partial charge in [-0.1, -0.05) is 78.4 Å². The van der Waals surface area contributed by atoms with Crippen LogP contribution in [0.2, 0.25) is 0 Å². The van der Waals surface area contributed by atoms with E-state index in [1.807, 2.05) is 12.1 Å². The SMILES string of the molecule is Cc1ccc(CC/C=C/C2CCC(c3ccc(-c4ccc(C5CO5)c(F)c4F)cc3)CC2)cc1. The highest BCUT2D eigenvalue weighted by molar-refractivity contribution is 5.65. The Morgan fingerprint density at radius 1 is 0.853 bits per heavy atom. The van der Waals surface area contributed by atoms with Gasteiger partial charge in [-0.05, 0) is 74.0 Å². The molecule has 34 heavy (non-hydrogen) atoms. The van der Waals surface area contributed by atoms with Gasteiger partial charge >= 0.3 is 0 Å². The Labute approximate surface area is 201 Å². The van der Waals surface area contributed by atoms with Crippen molar-refractivity contribution < 1.29 is 13.5 Å². The maximum absolute atomic E-state index is 14.6. The molecule has 176 valence electrons. The molecule has 1 heterocycles. The first-order valence-corrected chi connectivity index (χ1v) is 12.5. The zero-order chi connectivity index (χ0) is 23.5. The van der Waals surface area contributed by atoms with E-state index in [0.29, 0.717) is 35.1 Å². The molecule has 0 aromatic heterocycles. The highest BCUT2D eigenvalue weighted by Gasteiger charge is 2.30. The Balaban J connectivity index is 1.13. The van der Waals surface area contributed by atoms with E-state index in [-0.39, 0.29) is 6.10 Å². The number of benzene rings is 3. The van der Waals surface area contributed by atoms with E-state index in [0.717, 1.165) is 12.8 Å². The molecule has 3 aromatic rings. The predicted molar refractivity (Wildman–Crippen MR) is 134 cm³/mol. The van der Waals surface area contributed by atoms with Gasteiger partial charge in [-0.2, -0.15) is 0 Å². The molecule has 3 aromatic carbocycles. The van der Waals surface area contributed by atoms with E-state index in [9.17, 15) is 8.78 Å². The zero-order valence-electron chi connectivity index (χ0n) is 19.8. The molecule has 0 N–H and O–H groups in total. The largest absolute Gasteiger partial charge is 0.368 e. The molecule has 0 radical (unpaired) electrons. The molecule has 0 bridgehead atoms. The summed E-state index contributed by atoms with van der Waals surface area (Å²) in [5.41, 5.74) is 5.36. The van der Waals surface area contributed by atoms with Crippen molar-refractivity contribution in [2.45, 2.75) is 57.5 Å². The third kappa shape index (κ3) is 5.31. The summed E-state index contributed by atoms with van der Waals surface area (Å²) >= 11 is 0. The monoisotopic (exact) mass is 458 g/mol. The summed E-state index contributed by atoms with van der Waals surface area (Å²) in [6, 6.07) is 20.2. The van der Waals surface area contributed by atoms with Crippen molar-refractivity contribution in [2.75, 3.05) is 6.61 Å². The smallest absolute Gasteiger partial charge is 0.167 e. The maximum Gasteiger partial charge on any atom is 0.167 e. The van der Waals surface area contributed by atoms with Gasteiger partial charge in [-0.25, -0.2) is 8.78 Å². The first-order valence-electron chi connectivity index (χ1n) is 12.5. The summed E-state index contributed by atoms with van der Waals surface area (Å²) in [5.74, 6) is -0.355. The normalized spacial score (nSPS) is 22.3. The first-order chi connectivity index (χ1) is 16.6. The molecule has 1 aliphatic heterocycles. The van der Waals surface area contributed by atoms with Gasteiger partial charge in [0.2, 0.25) is 0 Å². The van der Waals surface area contributed by atoms with Crippen molar-refractivity contribution in [3.05, 3.63) is 107 Å². The van der Waals surface area contributed by atoms with E-state index in [2.05, 4.69) is 55.5 Å². The summed E-state index contributed by atoms with van der Waals surface area (Å²) < 4.78 is 34.1. The van der Waals surface area contributed by atoms with Crippen LogP contribution in [-0.4, -0.2) is 6.61 Å². The molecular formula is C31H32F2O. The molecule has 3 heteroatoms. The Hall–Kier alpha value is -2.78. The van der Waals surface area contributed by atoms with Crippen LogP contribution in [0, 0.1) is 24.5 Å². The number of allylic oxidation sites excluding steroid dienone is 2. The van der Waals surface area contributed by atoms with Crippen LogP contribution in [0.5, 0.6) is 0 Å². The fourth-order valence-electron chi connectivity index (χ4n) is 5.14. The topological polar surface area (TPSA) is 12.5 Å². The molecule has 2 fully saturated rings. The first kappa shape index (κ1) is 23.0. The Morgan fingerprint density at radius 2 is 1.56 bits per heavy atom. The van der Waals surface area contributed by atoms with Crippen molar-refractivity contribution >= 4 is 0 Å². The highest BCUT2D eigenvalue weighted by Crippen LogP contribution is 2.38. The summed E-state index contributed by atoms with van der Waals surface area (Å²) in [6.45, 7) is 2.59. The number of halogens is 2. The van der Waals surface area contributed by atoms with E-state index in [4.69, 9.17) is 4.74 Å². The zero-order valence-corrected chi connectivity index (χ0v) is 19.8. The number of hydrogen-bond donors (Lipinski definition) is 0. The number of epoxide rings is 1. The lowest BCUT2D eigenvalue weighted by Crippen LogP contribution is -2.11. The van der Waals surface area contributed by atoms with E-state index in [1.165, 1.54) is 42.4 Å². The maximum atomic E-state index is 14.6. The van der Waals surface area contributed by atoms with Gasteiger partial charge < -0.3 is 4.74 Å². The fourth-order valence-corrected chi connectivity index (χ4v) is 5.14. The molecule has 1 unspecified atom stereocenters. The van der Waals surface area contributed by atoms with Gasteiger partial charge in [0, 0.05) is 11.1 Å². The molecule has 1 saturated carbocycles. The summed E-state index contributed by atoms with van der Waals surface area (Å²) in [4.78, 5) is 0. The lowest BCUT2D eigenvalue weighted by atomic mass is 9.78. The lowest BCUT2D eigenvalue weighted by molar-refractivity contribution is 0.375. The molecule has 2 aliphatic rings. The second-order valence-electron chi connectivity index (χ2n) is 9.84. The summed E-state index contributed by atoms with van der Waals surface area (Å²) in [7, 11) is 0. The molecular weight excluding hydrogens is 426 g/mol. The second-order valence-corrected chi connectivity index (χ2v) is 9.84. The number of hydrogen-bond acceptors (Lipinski definition) is 1. The minimum atomic E-state index is -0.783. The van der Waals surface area contributed by atoms with Crippen LogP contribution in [0.3, 0.4) is 0 Å². The van der Waals surface area contributed by atoms with Gasteiger partial charge in [0.05, 0.1) is 6.61 Å². The Bertz CT molecular complexity index is 1140. The molecule has 0 spiro atoms. The number of rotatable bonds is 7. The van der Waals surface area contributed by atoms with Gasteiger partial charge in [0.15, 0.2) is 11.6 Å². The number of ether oxygens (including phenoxy) is 1. The average molecular weight is 459 g/mol. The number of aryl methyl sites for hydroxylation is 2. The van der Waals surface area contributed by atoms with Crippen LogP contribution in [-0.2, 0) is 11.2 Å². The standard InChI is InChI=1S/C31H32F2O/c1-21-6-8-22(9-7-21)4-2-3-5-23-10-12-24(13-11-23)25-14-16-26(17-15-25)27-18-19-28(29-20-34-29)31(33)30(27)32/h3,5-9,14-19,23-24,29H,2,4,10-13,20H2,1H3/b5-3+. The lowest BCUT2D eigenvalue weighted by Gasteiger charge is -2.27. The summed E-state index contributed by atoms with van der Waals surface area (Å²) in [5, 5.41) is 0. The quantitative estimate of drug-likeness (QED) is 0.255. The van der Waals surface area contributed by atoms with Crippen LogP contribution in [0.15, 0.2) is 72.8 Å². The van der Waals surface area contributed by atoms with Crippen LogP contribution >= 0.6 is 0 Å². The van der Waals surface area contributed by atoms with E-state index >= 15 is 0 Å². The van der Waals surface area contributed by atoms with Crippen LogP contribution in [0.4, 0.5) is 8.78 Å². The molecule has 1 saturated heterocycles. The molecule has 1 aliphatic carbocycles. The minimum Gasteiger partial charge on any atom is -0.368 e. The van der Waals surface area contributed by atoms with Crippen molar-refractivity contribution in [1.82, 2.24) is 0 Å². The van der Waals surface area contributed by atoms with Crippen LogP contribution < -0.4 is 0 Å². The van der Waals surface area contributed by atoms with Crippen LogP contribution in [0.25, 0.3) is 11.1 Å². The van der Waals surface area contributed by atoms with Gasteiger partial charge in [-0.3, -0.25) is 0 Å². The average Bonchev–Trinajstić information content (AvgIpc) is 3.71. The van der Waals surface area contributed by atoms with Gasteiger partial charge in [-0.15, -0.1) is 0 Å². The molecule has 1 nitrogen and oxygen atoms in total. The fraction of sp³-hybridized carbons (Fsp3) is 0.355. The van der Waals surface area contributed by atoms with Crippen molar-refractivity contribution in [2.24, 2.45) is 5.92 Å². The molecule has 0 amide bonds. The molecule has 1 atom stereocenters. The van der Waals surface area contributed by atoms with E-state index in [1.54, 1.807) is 12.1 Å². The predicted octanol–water partition coefficient (Wildman–Crippen LogP) is 8.47. The molecule has 5 rings (SSSR count). The minimum absolute atomic E-state index is 0.288. The van der Waals surface area contributed by atoms with E-state index < -0.39 is 11.6 Å². The van der Waals surface area contributed by atoms with Crippen molar-refractivity contribution in [3.63, 3.8) is 0 Å². The van der Waals surface area contributed by atoms with Crippen LogP contribution in [0.1, 0.15) is 66.4 Å². The van der Waals surface area contributed by atoms with Gasteiger partial charge in [0.1, 0.15) is 6.10 Å². The van der Waals surface area contributed by atoms with Crippen molar-refractivity contribution in [1.29, 1.82) is 0 Å². The second kappa shape index (κ2) is 10.2. The van der Waals surface area contributed by atoms with Gasteiger partial charge in [0.25, 0.3) is 0 Å². The summed E-state index contributed by atoms with van der Waals surface area (Å²) in [6.07, 6.45) is 11.4. The third-order valence-electron chi connectivity index (χ3n) is 7.39. The Kier molecular flexibility index (Phi) is 6.92.